The van der Waals surface area contributed by atoms with Crippen molar-refractivity contribution < 1.29 is 27.5 Å². The van der Waals surface area contributed by atoms with Crippen LogP contribution >= 0.6 is 0 Å². The molecule has 3 atom stereocenters. The molecular weight excluding hydrogens is 470 g/mol. The SMILES string of the molecule is CC(C)(C)OC(=O)[C@H](CCS(C)(=O)=O)NC(=O)[C@@H]1Cc2ccccc2CN1C(=O)[C@@H](N)C(C)(C)C. The Morgan fingerprint density at radius 1 is 1.11 bits per heavy atom. The number of nitrogens with zero attached hydrogens (tertiary/aromatic N) is 1. The Balaban J connectivity index is 2.36. The zero-order valence-electron chi connectivity index (χ0n) is 21.8. The number of amides is 2. The molecular formula is C25H39N3O6S. The second kappa shape index (κ2) is 10.7. The summed E-state index contributed by atoms with van der Waals surface area (Å²) in [6.07, 6.45) is 1.17. The summed E-state index contributed by atoms with van der Waals surface area (Å²) in [7, 11) is -3.39. The molecule has 0 radical (unpaired) electrons. The van der Waals surface area contributed by atoms with Gasteiger partial charge in [0, 0.05) is 19.2 Å². The van der Waals surface area contributed by atoms with Gasteiger partial charge in [-0.25, -0.2) is 13.2 Å². The Bertz CT molecular complexity index is 1060. The summed E-state index contributed by atoms with van der Waals surface area (Å²) in [5.41, 5.74) is 6.76. The van der Waals surface area contributed by atoms with Crippen molar-refractivity contribution in [1.82, 2.24) is 10.2 Å². The van der Waals surface area contributed by atoms with E-state index in [1.807, 2.05) is 45.0 Å². The minimum Gasteiger partial charge on any atom is -0.458 e. The lowest BCUT2D eigenvalue weighted by Crippen LogP contribution is -2.60. The van der Waals surface area contributed by atoms with E-state index in [9.17, 15) is 22.8 Å². The van der Waals surface area contributed by atoms with Gasteiger partial charge < -0.3 is 20.7 Å². The molecule has 0 bridgehead atoms. The lowest BCUT2D eigenvalue weighted by molar-refractivity contribution is -0.159. The van der Waals surface area contributed by atoms with Gasteiger partial charge in [-0.3, -0.25) is 9.59 Å². The fraction of sp³-hybridized carbons (Fsp3) is 0.640. The first-order valence-corrected chi connectivity index (χ1v) is 13.8. The van der Waals surface area contributed by atoms with Crippen LogP contribution in [0.3, 0.4) is 0 Å². The molecule has 35 heavy (non-hydrogen) atoms. The van der Waals surface area contributed by atoms with E-state index in [1.54, 1.807) is 20.8 Å². The molecule has 0 aromatic heterocycles. The van der Waals surface area contributed by atoms with Crippen molar-refractivity contribution in [2.24, 2.45) is 11.1 Å². The molecule has 1 aromatic carbocycles. The average Bonchev–Trinajstić information content (AvgIpc) is 2.71. The smallest absolute Gasteiger partial charge is 0.329 e. The lowest BCUT2D eigenvalue weighted by Gasteiger charge is -2.40. The quantitative estimate of drug-likeness (QED) is 0.533. The number of sulfone groups is 1. The number of nitrogens with two attached hydrogens (primary N) is 1. The molecule has 0 unspecified atom stereocenters. The summed E-state index contributed by atoms with van der Waals surface area (Å²) in [5, 5.41) is 2.66. The highest BCUT2D eigenvalue weighted by atomic mass is 32.2. The van der Waals surface area contributed by atoms with E-state index in [-0.39, 0.29) is 31.0 Å². The van der Waals surface area contributed by atoms with Gasteiger partial charge in [0.05, 0.1) is 11.8 Å². The first kappa shape index (κ1) is 28.8. The number of benzene rings is 1. The second-order valence-electron chi connectivity index (χ2n) is 11.3. The van der Waals surface area contributed by atoms with Gasteiger partial charge in [0.25, 0.3) is 0 Å². The number of fused-ring (bicyclic) bond motifs is 1. The lowest BCUT2D eigenvalue weighted by atomic mass is 9.85. The van der Waals surface area contributed by atoms with E-state index in [4.69, 9.17) is 10.5 Å². The van der Waals surface area contributed by atoms with Crippen LogP contribution in [0.2, 0.25) is 0 Å². The average molecular weight is 510 g/mol. The number of ether oxygens (including phenoxy) is 1. The van der Waals surface area contributed by atoms with Gasteiger partial charge in [0.1, 0.15) is 27.5 Å². The van der Waals surface area contributed by atoms with E-state index in [0.29, 0.717) is 0 Å². The van der Waals surface area contributed by atoms with Gasteiger partial charge in [-0.1, -0.05) is 45.0 Å². The van der Waals surface area contributed by atoms with Crippen LogP contribution in [0.15, 0.2) is 24.3 Å². The fourth-order valence-corrected chi connectivity index (χ4v) is 4.42. The van der Waals surface area contributed by atoms with Crippen LogP contribution in [0.5, 0.6) is 0 Å². The number of hydrogen-bond donors (Lipinski definition) is 2. The van der Waals surface area contributed by atoms with E-state index in [2.05, 4.69) is 5.32 Å². The molecule has 2 amide bonds. The molecule has 1 aromatic rings. The summed E-state index contributed by atoms with van der Waals surface area (Å²) in [6, 6.07) is 4.61. The summed E-state index contributed by atoms with van der Waals surface area (Å²) in [5.74, 6) is -1.95. The Hall–Kier alpha value is -2.46. The molecule has 1 aliphatic heterocycles. The number of carbonyl (C=O) groups is 3. The van der Waals surface area contributed by atoms with Gasteiger partial charge in [0.2, 0.25) is 11.8 Å². The summed E-state index contributed by atoms with van der Waals surface area (Å²) in [4.78, 5) is 41.2. The van der Waals surface area contributed by atoms with Gasteiger partial charge in [0.15, 0.2) is 0 Å². The first-order chi connectivity index (χ1) is 15.9. The largest absolute Gasteiger partial charge is 0.458 e. The Morgan fingerprint density at radius 2 is 1.69 bits per heavy atom. The molecule has 2 rings (SSSR count). The molecule has 0 aliphatic carbocycles. The molecule has 196 valence electrons. The molecule has 1 aliphatic rings. The second-order valence-corrected chi connectivity index (χ2v) is 13.6. The van der Waals surface area contributed by atoms with Crippen molar-refractivity contribution in [3.63, 3.8) is 0 Å². The van der Waals surface area contributed by atoms with Crippen LogP contribution in [0.4, 0.5) is 0 Å². The summed E-state index contributed by atoms with van der Waals surface area (Å²) in [6.45, 7) is 10.8. The monoisotopic (exact) mass is 509 g/mol. The molecule has 0 fully saturated rings. The molecule has 0 spiro atoms. The topological polar surface area (TPSA) is 136 Å². The van der Waals surface area contributed by atoms with Crippen molar-refractivity contribution >= 4 is 27.6 Å². The standard InChI is InChI=1S/C25H39N3O6S/c1-24(2,3)20(26)22(30)28-15-17-11-9-8-10-16(17)14-19(28)21(29)27-18(12-13-35(7,32)33)23(31)34-25(4,5)6/h8-11,18-20H,12-15,26H2,1-7H3,(H,27,29)/t18-,19-,20+/m0/s1. The maximum Gasteiger partial charge on any atom is 0.329 e. The van der Waals surface area contributed by atoms with Crippen LogP contribution in [0.25, 0.3) is 0 Å². The molecule has 0 saturated carbocycles. The molecule has 10 heteroatoms. The zero-order chi connectivity index (χ0) is 26.8. The number of nitrogens with one attached hydrogen (secondary N) is 1. The number of hydrogen-bond acceptors (Lipinski definition) is 7. The molecule has 1 heterocycles. The normalized spacial score (nSPS) is 18.3. The third-order valence-electron chi connectivity index (χ3n) is 5.82. The van der Waals surface area contributed by atoms with Crippen molar-refractivity contribution in [2.45, 2.75) is 84.7 Å². The van der Waals surface area contributed by atoms with Gasteiger partial charge >= 0.3 is 5.97 Å². The molecule has 9 nitrogen and oxygen atoms in total. The van der Waals surface area contributed by atoms with E-state index < -0.39 is 50.9 Å². The number of esters is 1. The molecule has 0 saturated heterocycles. The van der Waals surface area contributed by atoms with Crippen LogP contribution in [-0.4, -0.2) is 66.8 Å². The minimum absolute atomic E-state index is 0.141. The molecule has 3 N–H and O–H groups in total. The Labute approximate surface area is 208 Å². The third-order valence-corrected chi connectivity index (χ3v) is 6.80. The van der Waals surface area contributed by atoms with Gasteiger partial charge in [-0.2, -0.15) is 0 Å². The van der Waals surface area contributed by atoms with E-state index in [0.717, 1.165) is 17.4 Å². The highest BCUT2D eigenvalue weighted by Gasteiger charge is 2.41. The third kappa shape index (κ3) is 8.31. The predicted molar refractivity (Wildman–Crippen MR) is 134 cm³/mol. The Morgan fingerprint density at radius 3 is 2.20 bits per heavy atom. The number of rotatable bonds is 7. The van der Waals surface area contributed by atoms with Crippen molar-refractivity contribution in [3.8, 4) is 0 Å². The zero-order valence-corrected chi connectivity index (χ0v) is 22.6. The van der Waals surface area contributed by atoms with Crippen molar-refractivity contribution in [1.29, 1.82) is 0 Å². The van der Waals surface area contributed by atoms with Crippen LogP contribution in [0, 0.1) is 5.41 Å². The van der Waals surface area contributed by atoms with Crippen molar-refractivity contribution in [2.75, 3.05) is 12.0 Å². The van der Waals surface area contributed by atoms with Crippen molar-refractivity contribution in [3.05, 3.63) is 35.4 Å². The highest BCUT2D eigenvalue weighted by molar-refractivity contribution is 7.90. The van der Waals surface area contributed by atoms with E-state index in [1.165, 1.54) is 4.90 Å². The van der Waals surface area contributed by atoms with Gasteiger partial charge in [-0.15, -0.1) is 0 Å². The maximum atomic E-state index is 13.5. The summed E-state index contributed by atoms with van der Waals surface area (Å²) >= 11 is 0. The Kier molecular flexibility index (Phi) is 8.76. The van der Waals surface area contributed by atoms with Gasteiger partial charge in [-0.05, 0) is 43.7 Å². The van der Waals surface area contributed by atoms with Crippen LogP contribution < -0.4 is 11.1 Å². The van der Waals surface area contributed by atoms with E-state index >= 15 is 0 Å². The highest BCUT2D eigenvalue weighted by Crippen LogP contribution is 2.27. The van der Waals surface area contributed by atoms with Crippen LogP contribution in [0.1, 0.15) is 59.1 Å². The van der Waals surface area contributed by atoms with Crippen LogP contribution in [-0.2, 0) is 41.9 Å². The summed E-state index contributed by atoms with van der Waals surface area (Å²) < 4.78 is 28.9. The predicted octanol–water partition coefficient (Wildman–Crippen LogP) is 1.57. The number of carbonyl (C=O) groups excluding carboxylic acids is 3. The fourth-order valence-electron chi connectivity index (χ4n) is 3.76. The first-order valence-electron chi connectivity index (χ1n) is 11.7. The minimum atomic E-state index is -3.39. The maximum absolute atomic E-state index is 13.5.